The summed E-state index contributed by atoms with van der Waals surface area (Å²) in [6, 6.07) is 0. The van der Waals surface area contributed by atoms with Crippen LogP contribution in [0.5, 0.6) is 0 Å². The van der Waals surface area contributed by atoms with E-state index in [1.165, 1.54) is 96.3 Å². The molecule has 0 aromatic heterocycles. The van der Waals surface area contributed by atoms with Crippen molar-refractivity contribution < 1.29 is 63.1 Å². The lowest BCUT2D eigenvalue weighted by molar-refractivity contribution is -0.220. The van der Waals surface area contributed by atoms with E-state index in [9.17, 15) is 44.6 Å². The number of ether oxygens (including phenoxy) is 2. The number of unbranched alkanes of at least 4 members (excludes halogenated alkanes) is 24. The van der Waals surface area contributed by atoms with Gasteiger partial charge in [-0.15, -0.1) is 0 Å². The first-order valence-corrected chi connectivity index (χ1v) is 25.6. The van der Waals surface area contributed by atoms with Gasteiger partial charge < -0.3 is 39.9 Å². The molecule has 358 valence electrons. The minimum Gasteiger partial charge on any atom is -0.462 e. The van der Waals surface area contributed by atoms with Crippen LogP contribution in [0.1, 0.15) is 206 Å². The van der Waals surface area contributed by atoms with Gasteiger partial charge in [0.2, 0.25) is 0 Å². The van der Waals surface area contributed by atoms with E-state index in [-0.39, 0.29) is 12.8 Å². The van der Waals surface area contributed by atoms with E-state index < -0.39 is 75.7 Å². The second-order valence-corrected chi connectivity index (χ2v) is 18.4. The number of esters is 2. The molecule has 1 fully saturated rings. The van der Waals surface area contributed by atoms with Crippen LogP contribution >= 0.6 is 7.82 Å². The third-order valence-electron chi connectivity index (χ3n) is 11.3. The van der Waals surface area contributed by atoms with Crippen LogP contribution in [-0.2, 0) is 32.7 Å². The Morgan fingerprint density at radius 1 is 0.492 bits per heavy atom. The van der Waals surface area contributed by atoms with Gasteiger partial charge in [0.25, 0.3) is 0 Å². The number of allylic oxidation sites excluding steroid dienone is 4. The predicted molar refractivity (Wildman–Crippen MR) is 240 cm³/mol. The molecule has 0 heterocycles. The summed E-state index contributed by atoms with van der Waals surface area (Å²) >= 11 is 0. The molecule has 0 spiro atoms. The van der Waals surface area contributed by atoms with Crippen molar-refractivity contribution in [3.63, 3.8) is 0 Å². The number of hydrogen-bond donors (Lipinski definition) is 6. The van der Waals surface area contributed by atoms with Crippen LogP contribution in [0, 0.1) is 0 Å². The number of phosphoric ester groups is 1. The van der Waals surface area contributed by atoms with Crippen molar-refractivity contribution in [2.45, 2.75) is 249 Å². The van der Waals surface area contributed by atoms with E-state index in [4.69, 9.17) is 18.5 Å². The summed E-state index contributed by atoms with van der Waals surface area (Å²) < 4.78 is 33.5. The SMILES string of the molecule is CCCCCCC/C=C\CCCCCCCC(=O)OCC(COP(=O)(O)OC1C(O)C(O)C(O)C(O)C1O)OC(=O)CCCCCCCCC/C=C\CCCCCCCCC. The smallest absolute Gasteiger partial charge is 0.462 e. The van der Waals surface area contributed by atoms with Crippen molar-refractivity contribution in [1.82, 2.24) is 0 Å². The number of aliphatic hydroxyl groups is 5. The summed E-state index contributed by atoms with van der Waals surface area (Å²) in [5.74, 6) is -1.11. The first kappa shape index (κ1) is 57.3. The fourth-order valence-corrected chi connectivity index (χ4v) is 8.31. The van der Waals surface area contributed by atoms with Gasteiger partial charge in [-0.1, -0.05) is 154 Å². The monoisotopic (exact) mass is 891 g/mol. The molecule has 1 aliphatic rings. The highest BCUT2D eigenvalue weighted by atomic mass is 31.2. The Hall–Kier alpha value is -1.67. The first-order valence-electron chi connectivity index (χ1n) is 24.1. The molecule has 0 saturated heterocycles. The summed E-state index contributed by atoms with van der Waals surface area (Å²) in [4.78, 5) is 35.7. The van der Waals surface area contributed by atoms with Crippen LogP contribution in [0.2, 0.25) is 0 Å². The first-order chi connectivity index (χ1) is 29.4. The summed E-state index contributed by atoms with van der Waals surface area (Å²) in [6.07, 6.45) is 28.0. The quantitative estimate of drug-likeness (QED) is 0.0147. The average molecular weight is 891 g/mol. The van der Waals surface area contributed by atoms with Crippen molar-refractivity contribution in [2.75, 3.05) is 13.2 Å². The number of rotatable bonds is 40. The van der Waals surface area contributed by atoms with Gasteiger partial charge in [0, 0.05) is 12.8 Å². The lowest BCUT2D eigenvalue weighted by atomic mass is 9.85. The third-order valence-corrected chi connectivity index (χ3v) is 12.3. The van der Waals surface area contributed by atoms with Crippen LogP contribution in [0.4, 0.5) is 0 Å². The van der Waals surface area contributed by atoms with Gasteiger partial charge >= 0.3 is 19.8 Å². The molecule has 61 heavy (non-hydrogen) atoms. The number of phosphoric acid groups is 1. The molecule has 0 radical (unpaired) electrons. The van der Waals surface area contributed by atoms with Crippen LogP contribution in [0.25, 0.3) is 0 Å². The molecule has 1 saturated carbocycles. The Bertz CT molecular complexity index is 1170. The van der Waals surface area contributed by atoms with Crippen LogP contribution in [0.15, 0.2) is 24.3 Å². The fraction of sp³-hybridized carbons (Fsp3) is 0.872. The van der Waals surface area contributed by atoms with E-state index in [0.29, 0.717) is 12.8 Å². The van der Waals surface area contributed by atoms with Crippen LogP contribution < -0.4 is 0 Å². The highest BCUT2D eigenvalue weighted by molar-refractivity contribution is 7.47. The van der Waals surface area contributed by atoms with Gasteiger partial charge in [0.05, 0.1) is 6.61 Å². The molecule has 0 bridgehead atoms. The molecule has 13 nitrogen and oxygen atoms in total. The molecule has 14 heteroatoms. The number of carbonyl (C=O) groups is 2. The Morgan fingerprint density at radius 2 is 0.836 bits per heavy atom. The molecule has 1 aliphatic carbocycles. The normalized spacial score (nSPS) is 22.2. The molecule has 0 aliphatic heterocycles. The van der Waals surface area contributed by atoms with Crippen molar-refractivity contribution in [3.05, 3.63) is 24.3 Å². The highest BCUT2D eigenvalue weighted by Gasteiger charge is 2.51. The molecule has 6 atom stereocenters. The topological polar surface area (TPSA) is 210 Å². The van der Waals surface area contributed by atoms with E-state index in [1.54, 1.807) is 0 Å². The number of carbonyl (C=O) groups excluding carboxylic acids is 2. The van der Waals surface area contributed by atoms with Gasteiger partial charge in [0.1, 0.15) is 43.2 Å². The lowest BCUT2D eigenvalue weighted by Gasteiger charge is -2.41. The van der Waals surface area contributed by atoms with Crippen LogP contribution in [-0.4, -0.2) is 98.3 Å². The van der Waals surface area contributed by atoms with Crippen molar-refractivity contribution in [3.8, 4) is 0 Å². The van der Waals surface area contributed by atoms with Gasteiger partial charge in [-0.25, -0.2) is 4.57 Å². The third kappa shape index (κ3) is 30.2. The molecule has 0 amide bonds. The van der Waals surface area contributed by atoms with E-state index in [1.807, 2.05) is 0 Å². The molecule has 6 unspecified atom stereocenters. The van der Waals surface area contributed by atoms with Gasteiger partial charge in [0.15, 0.2) is 6.10 Å². The van der Waals surface area contributed by atoms with Gasteiger partial charge in [-0.2, -0.15) is 0 Å². The highest BCUT2D eigenvalue weighted by Crippen LogP contribution is 2.47. The zero-order valence-electron chi connectivity index (χ0n) is 38.0. The maximum Gasteiger partial charge on any atom is 0.472 e. The van der Waals surface area contributed by atoms with E-state index >= 15 is 0 Å². The zero-order chi connectivity index (χ0) is 45.0. The second kappa shape index (κ2) is 37.7. The van der Waals surface area contributed by atoms with Crippen LogP contribution in [0.3, 0.4) is 0 Å². The molecule has 1 rings (SSSR count). The molecular weight excluding hydrogens is 803 g/mol. The summed E-state index contributed by atoms with van der Waals surface area (Å²) in [6.45, 7) is 3.29. The maximum absolute atomic E-state index is 12.8. The van der Waals surface area contributed by atoms with Crippen molar-refractivity contribution >= 4 is 19.8 Å². The predicted octanol–water partition coefficient (Wildman–Crippen LogP) is 9.62. The second-order valence-electron chi connectivity index (χ2n) is 17.0. The minimum absolute atomic E-state index is 0.0919. The molecule has 0 aromatic rings. The fourth-order valence-electron chi connectivity index (χ4n) is 7.34. The van der Waals surface area contributed by atoms with Crippen molar-refractivity contribution in [1.29, 1.82) is 0 Å². The van der Waals surface area contributed by atoms with Gasteiger partial charge in [-0.05, 0) is 64.2 Å². The Balaban J connectivity index is 2.44. The Kier molecular flexibility index (Phi) is 35.4. The van der Waals surface area contributed by atoms with E-state index in [0.717, 1.165) is 70.6 Å². The largest absolute Gasteiger partial charge is 0.472 e. The zero-order valence-corrected chi connectivity index (χ0v) is 38.9. The number of aliphatic hydroxyl groups excluding tert-OH is 5. The molecular formula is C47H87O13P. The average Bonchev–Trinajstić information content (AvgIpc) is 3.24. The molecule has 6 N–H and O–H groups in total. The Labute approximate surface area is 368 Å². The number of hydrogen-bond acceptors (Lipinski definition) is 12. The van der Waals surface area contributed by atoms with E-state index in [2.05, 4.69) is 38.2 Å². The van der Waals surface area contributed by atoms with Gasteiger partial charge in [-0.3, -0.25) is 18.6 Å². The summed E-state index contributed by atoms with van der Waals surface area (Å²) in [7, 11) is -5.12. The minimum atomic E-state index is -5.12. The summed E-state index contributed by atoms with van der Waals surface area (Å²) in [5, 5.41) is 50.2. The lowest BCUT2D eigenvalue weighted by Crippen LogP contribution is -2.64. The maximum atomic E-state index is 12.8. The molecule has 0 aromatic carbocycles. The summed E-state index contributed by atoms with van der Waals surface area (Å²) in [5.41, 5.74) is 0. The van der Waals surface area contributed by atoms with Crippen molar-refractivity contribution in [2.24, 2.45) is 0 Å². The Morgan fingerprint density at radius 3 is 1.25 bits per heavy atom. The standard InChI is InChI=1S/C47H87O13P/c1-3-5-7-9-11-13-15-17-19-20-21-22-24-26-28-30-32-34-36-41(49)59-39(38-58-61(55,56)60-47-45(53)43(51)42(50)44(52)46(47)54)37-57-40(48)35-33-31-29-27-25-23-18-16-14-12-10-8-6-4-2/h16,18-20,39,42-47,50-54H,3-15,17,21-38H2,1-2H3,(H,55,56)/b18-16-,20-19-.